The van der Waals surface area contributed by atoms with Crippen LogP contribution in [0.25, 0.3) is 0 Å². The molecule has 2 atom stereocenters. The lowest BCUT2D eigenvalue weighted by Crippen LogP contribution is -2.13. The Kier molecular flexibility index (Phi) is 4.46. The van der Waals surface area contributed by atoms with Gasteiger partial charge in [-0.15, -0.1) is 11.6 Å². The first-order valence-corrected chi connectivity index (χ1v) is 6.01. The van der Waals surface area contributed by atoms with Gasteiger partial charge in [-0.3, -0.25) is 15.1 Å². The van der Waals surface area contributed by atoms with E-state index in [-0.39, 0.29) is 21.9 Å². The molecule has 0 aliphatic carbocycles. The third kappa shape index (κ3) is 3.16. The summed E-state index contributed by atoms with van der Waals surface area (Å²) in [7, 11) is 0. The molecule has 0 aliphatic heterocycles. The highest BCUT2D eigenvalue weighted by Crippen LogP contribution is 2.26. The lowest BCUT2D eigenvalue weighted by molar-refractivity contribution is -0.386. The second-order valence-corrected chi connectivity index (χ2v) is 5.17. The van der Waals surface area contributed by atoms with Crippen molar-refractivity contribution in [2.24, 2.45) is 5.92 Å². The van der Waals surface area contributed by atoms with Gasteiger partial charge < -0.3 is 0 Å². The summed E-state index contributed by atoms with van der Waals surface area (Å²) in [5.74, 6) is 0.241. The normalized spacial score (nSPS) is 14.4. The van der Waals surface area contributed by atoms with Crippen molar-refractivity contribution in [3.8, 4) is 0 Å². The van der Waals surface area contributed by atoms with Crippen molar-refractivity contribution in [1.82, 2.24) is 4.98 Å². The van der Waals surface area contributed by atoms with E-state index >= 15 is 0 Å². The van der Waals surface area contributed by atoms with Gasteiger partial charge in [0, 0.05) is 22.7 Å². The molecule has 0 aromatic carbocycles. The molecule has 0 amide bonds. The molecule has 1 aromatic rings. The van der Waals surface area contributed by atoms with Crippen LogP contribution in [0, 0.1) is 29.9 Å². The van der Waals surface area contributed by atoms with E-state index in [2.05, 4.69) is 4.98 Å². The smallest absolute Gasteiger partial charge is 0.260 e. The zero-order chi connectivity index (χ0) is 13.2. The number of alkyl halides is 1. The molecular formula is C12H17ClN2O2. The van der Waals surface area contributed by atoms with Crippen molar-refractivity contribution in [2.45, 2.75) is 39.5 Å². The van der Waals surface area contributed by atoms with Crippen molar-refractivity contribution in [2.75, 3.05) is 0 Å². The minimum absolute atomic E-state index is 0.0246. The average molecular weight is 257 g/mol. The van der Waals surface area contributed by atoms with Crippen LogP contribution in [0.3, 0.4) is 0 Å². The predicted octanol–water partition coefficient (Wildman–Crippen LogP) is 3.41. The van der Waals surface area contributed by atoms with Crippen molar-refractivity contribution in [3.05, 3.63) is 33.1 Å². The molecule has 0 saturated carbocycles. The number of halogens is 1. The molecule has 94 valence electrons. The molecule has 0 radical (unpaired) electrons. The number of pyridine rings is 1. The fourth-order valence-electron chi connectivity index (χ4n) is 1.72. The van der Waals surface area contributed by atoms with E-state index < -0.39 is 0 Å². The van der Waals surface area contributed by atoms with Gasteiger partial charge in [0.25, 0.3) is 5.69 Å². The summed E-state index contributed by atoms with van der Waals surface area (Å²) in [5, 5.41) is 11.0. The molecule has 0 spiro atoms. The first kappa shape index (κ1) is 13.9. The van der Waals surface area contributed by atoms with Gasteiger partial charge in [0.15, 0.2) is 0 Å². The molecule has 0 N–H and O–H groups in total. The van der Waals surface area contributed by atoms with Crippen LogP contribution in [0.5, 0.6) is 0 Å². The van der Waals surface area contributed by atoms with Gasteiger partial charge in [-0.25, -0.2) is 0 Å². The largest absolute Gasteiger partial charge is 0.278 e. The molecule has 1 aromatic heterocycles. The molecule has 0 aliphatic rings. The fourth-order valence-corrected chi connectivity index (χ4v) is 1.81. The Hall–Kier alpha value is -1.16. The monoisotopic (exact) mass is 256 g/mol. The number of hydrogen-bond donors (Lipinski definition) is 0. The van der Waals surface area contributed by atoms with E-state index in [1.54, 1.807) is 20.0 Å². The first-order valence-electron chi connectivity index (χ1n) is 5.58. The summed E-state index contributed by atoms with van der Waals surface area (Å²) in [4.78, 5) is 14.9. The Morgan fingerprint density at radius 2 is 2.06 bits per heavy atom. The van der Waals surface area contributed by atoms with Gasteiger partial charge in [-0.2, -0.15) is 0 Å². The highest BCUT2D eigenvalue weighted by molar-refractivity contribution is 6.20. The zero-order valence-corrected chi connectivity index (χ0v) is 11.3. The van der Waals surface area contributed by atoms with Crippen molar-refractivity contribution >= 4 is 17.3 Å². The minimum Gasteiger partial charge on any atom is -0.260 e. The number of nitro groups is 1. The zero-order valence-electron chi connectivity index (χ0n) is 10.5. The van der Waals surface area contributed by atoms with Gasteiger partial charge in [-0.1, -0.05) is 6.92 Å². The molecule has 0 saturated heterocycles. The number of hydrogen-bond acceptors (Lipinski definition) is 3. The third-order valence-electron chi connectivity index (χ3n) is 3.06. The number of rotatable bonds is 4. The number of nitrogens with zero attached hydrogens (tertiary/aromatic N) is 2. The number of aryl methyl sites for hydroxylation is 1. The minimum atomic E-state index is -0.343. The van der Waals surface area contributed by atoms with Crippen LogP contribution >= 0.6 is 11.6 Å². The van der Waals surface area contributed by atoms with Gasteiger partial charge in [0.2, 0.25) is 0 Å². The summed E-state index contributed by atoms with van der Waals surface area (Å²) in [6.07, 6.45) is 2.23. The molecule has 0 fully saturated rings. The molecule has 4 nitrogen and oxygen atoms in total. The second kappa shape index (κ2) is 5.45. The van der Waals surface area contributed by atoms with Crippen molar-refractivity contribution in [1.29, 1.82) is 0 Å². The average Bonchev–Trinajstić information content (AvgIpc) is 2.21. The summed E-state index contributed by atoms with van der Waals surface area (Å²) < 4.78 is 0. The van der Waals surface area contributed by atoms with Crippen LogP contribution in [0.2, 0.25) is 0 Å². The van der Waals surface area contributed by atoms with Gasteiger partial charge in [-0.05, 0) is 33.1 Å². The Labute approximate surface area is 106 Å². The van der Waals surface area contributed by atoms with E-state index in [0.717, 1.165) is 5.69 Å². The Balaban J connectivity index is 3.11. The summed E-state index contributed by atoms with van der Waals surface area (Å²) >= 11 is 6.00. The van der Waals surface area contributed by atoms with E-state index in [4.69, 9.17) is 11.6 Å². The lowest BCUT2D eigenvalue weighted by atomic mass is 9.98. The van der Waals surface area contributed by atoms with E-state index in [1.807, 2.05) is 13.8 Å². The van der Waals surface area contributed by atoms with Gasteiger partial charge >= 0.3 is 0 Å². The summed E-state index contributed by atoms with van der Waals surface area (Å²) in [6.45, 7) is 7.39. The van der Waals surface area contributed by atoms with Crippen LogP contribution < -0.4 is 0 Å². The SMILES string of the molecule is Cc1cnc(CC(C)C(C)Cl)c(C)c1[N+](=O)[O-]. The van der Waals surface area contributed by atoms with Crippen molar-refractivity contribution in [3.63, 3.8) is 0 Å². The third-order valence-corrected chi connectivity index (χ3v) is 3.49. The summed E-state index contributed by atoms with van der Waals surface area (Å²) in [6, 6.07) is 0. The van der Waals surface area contributed by atoms with E-state index in [1.165, 1.54) is 0 Å². The topological polar surface area (TPSA) is 56.0 Å². The van der Waals surface area contributed by atoms with E-state index in [9.17, 15) is 10.1 Å². The molecule has 1 rings (SSSR count). The Bertz CT molecular complexity index is 433. The second-order valence-electron chi connectivity index (χ2n) is 4.48. The molecule has 5 heteroatoms. The Morgan fingerprint density at radius 3 is 2.53 bits per heavy atom. The van der Waals surface area contributed by atoms with Crippen molar-refractivity contribution < 1.29 is 4.92 Å². The highest BCUT2D eigenvalue weighted by Gasteiger charge is 2.20. The molecule has 17 heavy (non-hydrogen) atoms. The van der Waals surface area contributed by atoms with Gasteiger partial charge in [0.1, 0.15) is 0 Å². The van der Waals surface area contributed by atoms with Crippen LogP contribution in [-0.4, -0.2) is 15.3 Å². The van der Waals surface area contributed by atoms with Crippen LogP contribution in [0.15, 0.2) is 6.20 Å². The van der Waals surface area contributed by atoms with Crippen LogP contribution in [0.1, 0.15) is 30.7 Å². The fraction of sp³-hybridized carbons (Fsp3) is 0.583. The molecular weight excluding hydrogens is 240 g/mol. The Morgan fingerprint density at radius 1 is 1.47 bits per heavy atom. The van der Waals surface area contributed by atoms with Crippen LogP contribution in [-0.2, 0) is 6.42 Å². The summed E-state index contributed by atoms with van der Waals surface area (Å²) in [5.41, 5.74) is 2.19. The lowest BCUT2D eigenvalue weighted by Gasteiger charge is -2.14. The maximum absolute atomic E-state index is 11.0. The predicted molar refractivity (Wildman–Crippen MR) is 68.5 cm³/mol. The number of aromatic nitrogens is 1. The maximum atomic E-state index is 11.0. The van der Waals surface area contributed by atoms with Crippen LogP contribution in [0.4, 0.5) is 5.69 Å². The standard InChI is InChI=1S/C12H17ClN2O2/c1-7(10(4)13)5-11-9(3)12(15(16)17)8(2)6-14-11/h6-7,10H,5H2,1-4H3. The molecule has 1 heterocycles. The maximum Gasteiger partial charge on any atom is 0.278 e. The molecule has 2 unspecified atom stereocenters. The van der Waals surface area contributed by atoms with Gasteiger partial charge in [0.05, 0.1) is 10.6 Å². The highest BCUT2D eigenvalue weighted by atomic mass is 35.5. The quantitative estimate of drug-likeness (QED) is 0.471. The van der Waals surface area contributed by atoms with E-state index in [0.29, 0.717) is 17.5 Å². The molecule has 0 bridgehead atoms. The first-order chi connectivity index (χ1) is 7.84.